The molecule has 0 aliphatic carbocycles. The molecule has 0 radical (unpaired) electrons. The van der Waals surface area contributed by atoms with E-state index in [4.69, 9.17) is 5.73 Å². The largest absolute Gasteiger partial charge is 0.320 e. The Balaban J connectivity index is 2.30. The third-order valence-corrected chi connectivity index (χ3v) is 2.89. The highest BCUT2D eigenvalue weighted by Gasteiger charge is 2.22. The molecule has 15 heavy (non-hydrogen) atoms. The first kappa shape index (κ1) is 12.4. The summed E-state index contributed by atoms with van der Waals surface area (Å²) in [6.07, 6.45) is 3.17. The van der Waals surface area contributed by atoms with Crippen molar-refractivity contribution in [2.45, 2.75) is 25.3 Å². The molecule has 4 N–H and O–H groups in total. The highest BCUT2D eigenvalue weighted by Crippen LogP contribution is 2.19. The molecule has 1 aliphatic rings. The van der Waals surface area contributed by atoms with Crippen LogP contribution in [0.4, 0.5) is 0 Å². The maximum atomic E-state index is 11.4. The van der Waals surface area contributed by atoms with Crippen molar-refractivity contribution in [2.75, 3.05) is 27.2 Å². The number of hydrazine groups is 1. The molecule has 0 bridgehead atoms. The van der Waals surface area contributed by atoms with Crippen LogP contribution in [-0.4, -0.2) is 44.0 Å². The van der Waals surface area contributed by atoms with Crippen LogP contribution < -0.4 is 16.6 Å². The minimum Gasteiger partial charge on any atom is -0.320 e. The topological polar surface area (TPSA) is 70.4 Å². The zero-order valence-corrected chi connectivity index (χ0v) is 9.62. The third kappa shape index (κ3) is 4.15. The fourth-order valence-electron chi connectivity index (χ4n) is 2.15. The number of nitrogens with one attached hydrogen (secondary N) is 2. The second kappa shape index (κ2) is 6.05. The summed E-state index contributed by atoms with van der Waals surface area (Å²) in [4.78, 5) is 13.7. The summed E-state index contributed by atoms with van der Waals surface area (Å²) < 4.78 is 0. The number of amides is 1. The molecule has 0 aromatic carbocycles. The molecule has 0 aromatic heterocycles. The van der Waals surface area contributed by atoms with Crippen LogP contribution in [0.1, 0.15) is 19.3 Å². The van der Waals surface area contributed by atoms with Crippen molar-refractivity contribution in [1.82, 2.24) is 15.8 Å². The average molecular weight is 214 g/mol. The van der Waals surface area contributed by atoms with E-state index in [-0.39, 0.29) is 5.91 Å². The third-order valence-electron chi connectivity index (χ3n) is 2.89. The van der Waals surface area contributed by atoms with Crippen LogP contribution in [0.3, 0.4) is 0 Å². The summed E-state index contributed by atoms with van der Waals surface area (Å²) in [7, 11) is 3.78. The number of rotatable bonds is 4. The lowest BCUT2D eigenvalue weighted by Gasteiger charge is -2.30. The van der Waals surface area contributed by atoms with Gasteiger partial charge in [-0.05, 0) is 38.8 Å². The molecular weight excluding hydrogens is 192 g/mol. The maximum absolute atomic E-state index is 11.4. The molecule has 5 nitrogen and oxygen atoms in total. The van der Waals surface area contributed by atoms with Gasteiger partial charge in [-0.3, -0.25) is 10.2 Å². The molecule has 1 rings (SSSR count). The monoisotopic (exact) mass is 214 g/mol. The highest BCUT2D eigenvalue weighted by atomic mass is 16.2. The van der Waals surface area contributed by atoms with Gasteiger partial charge in [-0.15, -0.1) is 0 Å². The zero-order valence-electron chi connectivity index (χ0n) is 9.62. The zero-order chi connectivity index (χ0) is 11.3. The number of carbonyl (C=O) groups excluding carboxylic acids is 1. The van der Waals surface area contributed by atoms with Gasteiger partial charge in [0.25, 0.3) is 5.91 Å². The van der Waals surface area contributed by atoms with E-state index >= 15 is 0 Å². The SMILES string of the molecule is CNNC(=O)C(N)CC1CCCN(C)C1. The first-order chi connectivity index (χ1) is 7.13. The van der Waals surface area contributed by atoms with Gasteiger partial charge < -0.3 is 10.6 Å². The number of carbonyl (C=O) groups is 1. The summed E-state index contributed by atoms with van der Waals surface area (Å²) in [5.74, 6) is 0.437. The number of hydrogen-bond acceptors (Lipinski definition) is 4. The van der Waals surface area contributed by atoms with E-state index in [9.17, 15) is 4.79 Å². The molecule has 1 heterocycles. The quantitative estimate of drug-likeness (QED) is 0.541. The average Bonchev–Trinajstić information content (AvgIpc) is 2.18. The molecule has 1 aliphatic heterocycles. The molecular formula is C10H22N4O. The fourth-order valence-corrected chi connectivity index (χ4v) is 2.15. The van der Waals surface area contributed by atoms with E-state index in [1.165, 1.54) is 12.8 Å². The normalized spacial score (nSPS) is 24.9. The molecule has 1 amide bonds. The van der Waals surface area contributed by atoms with Crippen LogP contribution in [0, 0.1) is 5.92 Å². The summed E-state index contributed by atoms with van der Waals surface area (Å²) in [5.41, 5.74) is 10.9. The Hall–Kier alpha value is -0.650. The van der Waals surface area contributed by atoms with Gasteiger partial charge in [0, 0.05) is 13.6 Å². The van der Waals surface area contributed by atoms with Crippen LogP contribution in [0.25, 0.3) is 0 Å². The fraction of sp³-hybridized carbons (Fsp3) is 0.900. The van der Waals surface area contributed by atoms with Crippen LogP contribution in [0.2, 0.25) is 0 Å². The number of piperidine rings is 1. The lowest BCUT2D eigenvalue weighted by atomic mass is 9.92. The van der Waals surface area contributed by atoms with E-state index in [0.717, 1.165) is 19.5 Å². The van der Waals surface area contributed by atoms with E-state index in [2.05, 4.69) is 22.8 Å². The second-order valence-corrected chi connectivity index (χ2v) is 4.35. The highest BCUT2D eigenvalue weighted by molar-refractivity contribution is 5.80. The Morgan fingerprint density at radius 1 is 1.67 bits per heavy atom. The number of hydrogen-bond donors (Lipinski definition) is 3. The number of nitrogens with two attached hydrogens (primary N) is 1. The first-order valence-electron chi connectivity index (χ1n) is 5.54. The van der Waals surface area contributed by atoms with Crippen molar-refractivity contribution in [3.63, 3.8) is 0 Å². The minimum absolute atomic E-state index is 0.120. The van der Waals surface area contributed by atoms with Crippen molar-refractivity contribution in [3.8, 4) is 0 Å². The van der Waals surface area contributed by atoms with Crippen molar-refractivity contribution >= 4 is 5.91 Å². The smallest absolute Gasteiger partial charge is 0.250 e. The summed E-state index contributed by atoms with van der Waals surface area (Å²) in [6.45, 7) is 2.22. The van der Waals surface area contributed by atoms with Gasteiger partial charge in [0.2, 0.25) is 0 Å². The Kier molecular flexibility index (Phi) is 5.01. The lowest BCUT2D eigenvalue weighted by Crippen LogP contribution is -2.47. The summed E-state index contributed by atoms with van der Waals surface area (Å²) >= 11 is 0. The molecule has 88 valence electrons. The van der Waals surface area contributed by atoms with Crippen molar-refractivity contribution < 1.29 is 4.79 Å². The van der Waals surface area contributed by atoms with Gasteiger partial charge in [-0.2, -0.15) is 0 Å². The predicted molar refractivity (Wildman–Crippen MR) is 60.0 cm³/mol. The molecule has 0 spiro atoms. The van der Waals surface area contributed by atoms with Crippen molar-refractivity contribution in [3.05, 3.63) is 0 Å². The van der Waals surface area contributed by atoms with E-state index < -0.39 is 6.04 Å². The van der Waals surface area contributed by atoms with Crippen LogP contribution in [-0.2, 0) is 4.79 Å². The lowest BCUT2D eigenvalue weighted by molar-refractivity contribution is -0.123. The number of nitrogens with zero attached hydrogens (tertiary/aromatic N) is 1. The number of likely N-dealkylation sites (tertiary alicyclic amines) is 1. The predicted octanol–water partition coefficient (Wildman–Crippen LogP) is -0.704. The van der Waals surface area contributed by atoms with Gasteiger partial charge in [-0.1, -0.05) is 0 Å². The maximum Gasteiger partial charge on any atom is 0.250 e. The Labute approximate surface area is 91.3 Å². The summed E-state index contributed by atoms with van der Waals surface area (Å²) in [5, 5.41) is 0. The molecule has 2 atom stereocenters. The molecule has 0 aromatic rings. The Morgan fingerprint density at radius 2 is 2.40 bits per heavy atom. The van der Waals surface area contributed by atoms with E-state index in [1.807, 2.05) is 0 Å². The molecule has 1 saturated heterocycles. The molecule has 2 unspecified atom stereocenters. The van der Waals surface area contributed by atoms with Gasteiger partial charge in [0.1, 0.15) is 0 Å². The van der Waals surface area contributed by atoms with Gasteiger partial charge in [0.15, 0.2) is 0 Å². The van der Waals surface area contributed by atoms with Gasteiger partial charge >= 0.3 is 0 Å². The Bertz CT molecular complexity index is 210. The second-order valence-electron chi connectivity index (χ2n) is 4.35. The molecule has 1 fully saturated rings. The van der Waals surface area contributed by atoms with Gasteiger partial charge in [0.05, 0.1) is 6.04 Å². The van der Waals surface area contributed by atoms with Gasteiger partial charge in [-0.25, -0.2) is 5.43 Å². The molecule has 5 heteroatoms. The van der Waals surface area contributed by atoms with Crippen molar-refractivity contribution in [2.24, 2.45) is 11.7 Å². The van der Waals surface area contributed by atoms with Crippen LogP contribution in [0.5, 0.6) is 0 Å². The summed E-state index contributed by atoms with van der Waals surface area (Å²) in [6, 6.07) is -0.394. The van der Waals surface area contributed by atoms with E-state index in [1.54, 1.807) is 7.05 Å². The van der Waals surface area contributed by atoms with Crippen molar-refractivity contribution in [1.29, 1.82) is 0 Å². The van der Waals surface area contributed by atoms with Crippen LogP contribution in [0.15, 0.2) is 0 Å². The Morgan fingerprint density at radius 3 is 3.00 bits per heavy atom. The minimum atomic E-state index is -0.394. The van der Waals surface area contributed by atoms with E-state index in [0.29, 0.717) is 5.92 Å². The molecule has 0 saturated carbocycles. The first-order valence-corrected chi connectivity index (χ1v) is 5.54. The standard InChI is InChI=1S/C10H22N4O/c1-12-13-10(15)9(11)6-8-4-3-5-14(2)7-8/h8-9,12H,3-7,11H2,1-2H3,(H,13,15). The van der Waals surface area contributed by atoms with Crippen LogP contribution >= 0.6 is 0 Å².